The molecule has 1 fully saturated rings. The highest BCUT2D eigenvalue weighted by molar-refractivity contribution is 7.89. The number of aromatic nitrogens is 1. The first-order chi connectivity index (χ1) is 16.2. The summed E-state index contributed by atoms with van der Waals surface area (Å²) in [5.41, 5.74) is 1.69. The number of hydrogen-bond donors (Lipinski definition) is 1. The number of hydrogen-bond acceptors (Lipinski definition) is 7. The average molecular weight is 489 g/mol. The van der Waals surface area contributed by atoms with Gasteiger partial charge in [0, 0.05) is 49.4 Å². The fraction of sp³-hybridized carbons (Fsp3) is 0.458. The minimum absolute atomic E-state index is 0.132. The van der Waals surface area contributed by atoms with Gasteiger partial charge in [-0.15, -0.1) is 0 Å². The second-order valence-electron chi connectivity index (χ2n) is 8.45. The van der Waals surface area contributed by atoms with Gasteiger partial charge in [-0.05, 0) is 70.0 Å². The molecule has 1 N–H and O–H groups in total. The maximum atomic E-state index is 12.7. The van der Waals surface area contributed by atoms with Crippen molar-refractivity contribution in [3.63, 3.8) is 0 Å². The van der Waals surface area contributed by atoms with Crippen LogP contribution in [0.3, 0.4) is 0 Å². The molecule has 0 bridgehead atoms. The molecule has 0 aliphatic carbocycles. The van der Waals surface area contributed by atoms with Crippen LogP contribution in [0.2, 0.25) is 0 Å². The molecule has 3 rings (SSSR count). The van der Waals surface area contributed by atoms with Gasteiger partial charge in [0.25, 0.3) is 5.91 Å². The van der Waals surface area contributed by atoms with Crippen LogP contribution in [0, 0.1) is 5.92 Å². The van der Waals surface area contributed by atoms with Crippen LogP contribution in [-0.2, 0) is 24.3 Å². The summed E-state index contributed by atoms with van der Waals surface area (Å²) in [5, 5.41) is 2.73. The summed E-state index contributed by atoms with van der Waals surface area (Å²) in [6, 6.07) is 11.0. The van der Waals surface area contributed by atoms with Crippen molar-refractivity contribution in [2.24, 2.45) is 5.92 Å². The lowest BCUT2D eigenvalue weighted by molar-refractivity contribution is -0.152. The Hall–Kier alpha value is -2.98. The van der Waals surface area contributed by atoms with E-state index in [1.165, 1.54) is 22.8 Å². The zero-order chi connectivity index (χ0) is 24.7. The van der Waals surface area contributed by atoms with Gasteiger partial charge < -0.3 is 15.0 Å². The van der Waals surface area contributed by atoms with Gasteiger partial charge in [0.1, 0.15) is 4.90 Å². The highest BCUT2D eigenvalue weighted by Gasteiger charge is 2.33. The number of esters is 1. The lowest BCUT2D eigenvalue weighted by Crippen LogP contribution is -2.40. The molecule has 1 aliphatic rings. The molecule has 0 atom stereocenters. The maximum Gasteiger partial charge on any atom is 0.309 e. The topological polar surface area (TPSA) is 109 Å². The van der Waals surface area contributed by atoms with Crippen LogP contribution < -0.4 is 10.2 Å². The third-order valence-corrected chi connectivity index (χ3v) is 7.73. The van der Waals surface area contributed by atoms with E-state index in [9.17, 15) is 18.0 Å². The van der Waals surface area contributed by atoms with Gasteiger partial charge in [0.2, 0.25) is 10.0 Å². The van der Waals surface area contributed by atoms with Crippen molar-refractivity contribution in [3.05, 3.63) is 48.8 Å². The van der Waals surface area contributed by atoms with Crippen molar-refractivity contribution < 1.29 is 22.7 Å². The fourth-order valence-corrected chi connectivity index (χ4v) is 5.45. The van der Waals surface area contributed by atoms with Crippen molar-refractivity contribution in [1.82, 2.24) is 9.29 Å². The normalized spacial score (nSPS) is 15.2. The molecular formula is C24H32N4O5S. The summed E-state index contributed by atoms with van der Waals surface area (Å²) in [4.78, 5) is 30.9. The van der Waals surface area contributed by atoms with Gasteiger partial charge in [0.05, 0.1) is 5.92 Å². The maximum absolute atomic E-state index is 12.7. The summed E-state index contributed by atoms with van der Waals surface area (Å²) < 4.78 is 31.9. The number of piperidine rings is 1. The predicted molar refractivity (Wildman–Crippen MR) is 130 cm³/mol. The number of nitrogens with one attached hydrogen (secondary N) is 1. The summed E-state index contributed by atoms with van der Waals surface area (Å²) in [6.07, 6.45) is 3.50. The van der Waals surface area contributed by atoms with E-state index < -0.39 is 27.8 Å². The Kier molecular flexibility index (Phi) is 8.62. The third kappa shape index (κ3) is 6.32. The number of nitrogens with zero attached hydrogens (tertiary/aromatic N) is 3. The second-order valence-corrected chi connectivity index (χ2v) is 10.4. The molecule has 1 aliphatic heterocycles. The highest BCUT2D eigenvalue weighted by atomic mass is 32.2. The van der Waals surface area contributed by atoms with E-state index in [-0.39, 0.29) is 24.6 Å². The zero-order valence-corrected chi connectivity index (χ0v) is 20.6. The van der Waals surface area contributed by atoms with Crippen LogP contribution in [0.5, 0.6) is 0 Å². The molecule has 1 aromatic carbocycles. The number of carbonyl (C=O) groups excluding carboxylic acids is 2. The Morgan fingerprint density at radius 1 is 1.18 bits per heavy atom. The molecule has 184 valence electrons. The lowest BCUT2D eigenvalue weighted by Gasteiger charge is -2.30. The summed E-state index contributed by atoms with van der Waals surface area (Å²) >= 11 is 0. The summed E-state index contributed by atoms with van der Waals surface area (Å²) in [6.45, 7) is 7.25. The van der Waals surface area contributed by atoms with Crippen molar-refractivity contribution in [1.29, 1.82) is 0 Å². The zero-order valence-electron chi connectivity index (χ0n) is 19.8. The van der Waals surface area contributed by atoms with E-state index in [4.69, 9.17) is 4.74 Å². The van der Waals surface area contributed by atoms with Crippen molar-refractivity contribution >= 4 is 33.3 Å². The quantitative estimate of drug-likeness (QED) is 0.541. The first-order valence-corrected chi connectivity index (χ1v) is 12.9. The number of benzene rings is 1. The lowest BCUT2D eigenvalue weighted by atomic mass is 9.98. The molecule has 9 nitrogen and oxygen atoms in total. The third-order valence-electron chi connectivity index (χ3n) is 5.85. The number of amides is 1. The van der Waals surface area contributed by atoms with E-state index in [2.05, 4.69) is 36.0 Å². The van der Waals surface area contributed by atoms with E-state index in [0.717, 1.165) is 12.2 Å². The summed E-state index contributed by atoms with van der Waals surface area (Å²) in [5.74, 6) is -1.35. The molecule has 2 aromatic rings. The van der Waals surface area contributed by atoms with Crippen LogP contribution in [0.1, 0.15) is 33.6 Å². The number of ether oxygens (including phenoxy) is 1. The van der Waals surface area contributed by atoms with E-state index in [0.29, 0.717) is 24.6 Å². The number of pyridine rings is 1. The monoisotopic (exact) mass is 488 g/mol. The van der Waals surface area contributed by atoms with E-state index in [1.54, 1.807) is 6.07 Å². The van der Waals surface area contributed by atoms with E-state index in [1.807, 2.05) is 24.3 Å². The van der Waals surface area contributed by atoms with Gasteiger partial charge in [-0.25, -0.2) is 8.42 Å². The minimum atomic E-state index is -3.64. The Balaban J connectivity index is 1.45. The molecule has 10 heteroatoms. The molecule has 0 spiro atoms. The number of sulfonamides is 1. The first-order valence-electron chi connectivity index (χ1n) is 11.5. The fourth-order valence-electron chi connectivity index (χ4n) is 4.01. The van der Waals surface area contributed by atoms with Crippen LogP contribution in [0.4, 0.5) is 11.4 Å². The smallest absolute Gasteiger partial charge is 0.309 e. The first kappa shape index (κ1) is 25.6. The standard InChI is InChI=1S/C24H32N4O5S/c1-4-28(18(2)3)21-9-7-20(8-10-21)26-23(29)17-33-24(30)19-11-14-27(15-12-19)34(31,32)22-6-5-13-25-16-22/h5-10,13,16,18-19H,4,11-12,14-15,17H2,1-3H3,(H,26,29). The molecule has 1 amide bonds. The molecular weight excluding hydrogens is 456 g/mol. The molecule has 2 heterocycles. The SMILES string of the molecule is CCN(c1ccc(NC(=O)COC(=O)C2CCN(S(=O)(=O)c3cccnc3)CC2)cc1)C(C)C. The largest absolute Gasteiger partial charge is 0.455 e. The van der Waals surface area contributed by atoms with Crippen molar-refractivity contribution in [2.75, 3.05) is 36.5 Å². The molecule has 34 heavy (non-hydrogen) atoms. The number of carbonyl (C=O) groups is 2. The highest BCUT2D eigenvalue weighted by Crippen LogP contribution is 2.24. The average Bonchev–Trinajstić information content (AvgIpc) is 2.84. The molecule has 0 radical (unpaired) electrons. The molecule has 1 aromatic heterocycles. The summed E-state index contributed by atoms with van der Waals surface area (Å²) in [7, 11) is -3.64. The molecule has 1 saturated heterocycles. The van der Waals surface area contributed by atoms with Gasteiger partial charge in [-0.1, -0.05) is 0 Å². The minimum Gasteiger partial charge on any atom is -0.455 e. The van der Waals surface area contributed by atoms with Crippen LogP contribution in [-0.4, -0.2) is 61.9 Å². The van der Waals surface area contributed by atoms with Crippen LogP contribution in [0.25, 0.3) is 0 Å². The van der Waals surface area contributed by atoms with Gasteiger partial charge in [-0.2, -0.15) is 4.31 Å². The van der Waals surface area contributed by atoms with E-state index >= 15 is 0 Å². The number of anilines is 2. The van der Waals surface area contributed by atoms with Crippen molar-refractivity contribution in [2.45, 2.75) is 44.6 Å². The van der Waals surface area contributed by atoms with Crippen LogP contribution in [0.15, 0.2) is 53.7 Å². The second kappa shape index (κ2) is 11.4. The number of rotatable bonds is 9. The Labute approximate surface area is 201 Å². The Morgan fingerprint density at radius 3 is 2.41 bits per heavy atom. The Morgan fingerprint density at radius 2 is 1.85 bits per heavy atom. The molecule has 0 saturated carbocycles. The van der Waals surface area contributed by atoms with Crippen molar-refractivity contribution in [3.8, 4) is 0 Å². The van der Waals surface area contributed by atoms with Gasteiger partial charge >= 0.3 is 5.97 Å². The Bertz CT molecular complexity index is 1070. The van der Waals surface area contributed by atoms with Gasteiger partial charge in [0.15, 0.2) is 6.61 Å². The predicted octanol–water partition coefficient (Wildman–Crippen LogP) is 2.90. The molecule has 0 unspecified atom stereocenters. The van der Waals surface area contributed by atoms with Gasteiger partial charge in [-0.3, -0.25) is 14.6 Å². The van der Waals surface area contributed by atoms with Crippen LogP contribution >= 0.6 is 0 Å².